The van der Waals surface area contributed by atoms with Crippen molar-refractivity contribution in [2.75, 3.05) is 17.1 Å². The van der Waals surface area contributed by atoms with Crippen molar-refractivity contribution >= 4 is 27.5 Å². The summed E-state index contributed by atoms with van der Waals surface area (Å²) in [6.45, 7) is 3.07. The number of benzene rings is 2. The summed E-state index contributed by atoms with van der Waals surface area (Å²) in [7, 11) is -3.77. The van der Waals surface area contributed by atoms with Crippen LogP contribution < -0.4 is 9.62 Å². The summed E-state index contributed by atoms with van der Waals surface area (Å²) in [5, 5.41) is 3.05. The fourth-order valence-corrected chi connectivity index (χ4v) is 5.18. The lowest BCUT2D eigenvalue weighted by Gasteiger charge is -2.33. The van der Waals surface area contributed by atoms with Crippen molar-refractivity contribution < 1.29 is 22.4 Å². The van der Waals surface area contributed by atoms with E-state index in [2.05, 4.69) is 5.32 Å². The van der Waals surface area contributed by atoms with Gasteiger partial charge in [0.15, 0.2) is 0 Å². The zero-order valence-corrected chi connectivity index (χ0v) is 21.4. The number of carbonyl (C=O) groups is 2. The normalized spacial score (nSPS) is 15.3. The van der Waals surface area contributed by atoms with Crippen molar-refractivity contribution in [1.29, 1.82) is 0 Å². The van der Waals surface area contributed by atoms with Crippen molar-refractivity contribution in [1.82, 2.24) is 10.2 Å². The van der Waals surface area contributed by atoms with E-state index in [1.54, 1.807) is 37.3 Å². The van der Waals surface area contributed by atoms with E-state index in [-0.39, 0.29) is 18.5 Å². The molecule has 35 heavy (non-hydrogen) atoms. The SMILES string of the molecule is Cc1cccc(N(CC(=O)N(Cc2ccc(F)cc2)[C@H](C)C(=O)NC2CCCCC2)S(C)(=O)=O)c1. The molecule has 0 spiro atoms. The standard InChI is InChI=1S/C26H34FN3O4S/c1-19-8-7-11-24(16-19)30(35(3,33)34)18-25(31)29(17-21-12-14-22(27)15-13-21)20(2)26(32)28-23-9-5-4-6-10-23/h7-8,11-16,20,23H,4-6,9-10,17-18H2,1-3H3,(H,28,32)/t20-/m1/s1. The summed E-state index contributed by atoms with van der Waals surface area (Å²) < 4.78 is 39.7. The van der Waals surface area contributed by atoms with Crippen LogP contribution in [0, 0.1) is 12.7 Å². The average molecular weight is 504 g/mol. The molecule has 1 atom stereocenters. The second-order valence-electron chi connectivity index (χ2n) is 9.28. The van der Waals surface area contributed by atoms with Gasteiger partial charge in [0.05, 0.1) is 11.9 Å². The third-order valence-corrected chi connectivity index (χ3v) is 7.49. The third-order valence-electron chi connectivity index (χ3n) is 6.35. The van der Waals surface area contributed by atoms with Crippen LogP contribution in [0.15, 0.2) is 48.5 Å². The number of hydrogen-bond acceptors (Lipinski definition) is 4. The highest BCUT2D eigenvalue weighted by Crippen LogP contribution is 2.21. The van der Waals surface area contributed by atoms with Gasteiger partial charge in [0.2, 0.25) is 21.8 Å². The van der Waals surface area contributed by atoms with Crippen LogP contribution in [0.25, 0.3) is 0 Å². The van der Waals surface area contributed by atoms with E-state index in [4.69, 9.17) is 0 Å². The molecule has 0 radical (unpaired) electrons. The molecule has 0 bridgehead atoms. The molecule has 1 N–H and O–H groups in total. The van der Waals surface area contributed by atoms with Crippen LogP contribution in [-0.2, 0) is 26.2 Å². The number of amides is 2. The highest BCUT2D eigenvalue weighted by Gasteiger charge is 2.31. The van der Waals surface area contributed by atoms with Crippen LogP contribution in [0.2, 0.25) is 0 Å². The van der Waals surface area contributed by atoms with E-state index in [9.17, 15) is 22.4 Å². The van der Waals surface area contributed by atoms with Crippen molar-refractivity contribution in [3.8, 4) is 0 Å². The van der Waals surface area contributed by atoms with E-state index in [0.717, 1.165) is 48.2 Å². The fraction of sp³-hybridized carbons (Fsp3) is 0.462. The molecule has 7 nitrogen and oxygen atoms in total. The van der Waals surface area contributed by atoms with Crippen LogP contribution in [0.1, 0.15) is 50.2 Å². The number of hydrogen-bond donors (Lipinski definition) is 1. The van der Waals surface area contributed by atoms with Crippen molar-refractivity contribution in [2.24, 2.45) is 0 Å². The molecule has 0 unspecified atom stereocenters. The summed E-state index contributed by atoms with van der Waals surface area (Å²) in [5.41, 5.74) is 1.87. The Morgan fingerprint density at radius 3 is 2.34 bits per heavy atom. The molecule has 9 heteroatoms. The van der Waals surface area contributed by atoms with Crippen LogP contribution in [0.5, 0.6) is 0 Å². The van der Waals surface area contributed by atoms with Crippen molar-refractivity contribution in [2.45, 2.75) is 64.6 Å². The molecule has 2 aromatic rings. The zero-order valence-electron chi connectivity index (χ0n) is 20.5. The van der Waals surface area contributed by atoms with E-state index >= 15 is 0 Å². The molecule has 1 aliphatic rings. The summed E-state index contributed by atoms with van der Waals surface area (Å²) in [6.07, 6.45) is 6.11. The Kier molecular flexibility index (Phi) is 8.88. The number of anilines is 1. The molecule has 1 aliphatic carbocycles. The molecule has 190 valence electrons. The maximum absolute atomic E-state index is 13.5. The van der Waals surface area contributed by atoms with Gasteiger partial charge in [-0.1, -0.05) is 43.5 Å². The lowest BCUT2D eigenvalue weighted by molar-refractivity contribution is -0.139. The first kappa shape index (κ1) is 26.7. The molecule has 0 aliphatic heterocycles. The van der Waals surface area contributed by atoms with Gasteiger partial charge in [-0.25, -0.2) is 12.8 Å². The molecule has 1 fully saturated rings. The maximum atomic E-state index is 13.5. The van der Waals surface area contributed by atoms with E-state index < -0.39 is 34.3 Å². The van der Waals surface area contributed by atoms with Gasteiger partial charge in [-0.05, 0) is 62.1 Å². The van der Waals surface area contributed by atoms with Gasteiger partial charge in [0.25, 0.3) is 0 Å². The van der Waals surface area contributed by atoms with E-state index in [1.807, 2.05) is 13.0 Å². The number of halogens is 1. The molecule has 0 aromatic heterocycles. The number of aryl methyl sites for hydroxylation is 1. The highest BCUT2D eigenvalue weighted by molar-refractivity contribution is 7.92. The van der Waals surface area contributed by atoms with Gasteiger partial charge >= 0.3 is 0 Å². The Hall–Kier alpha value is -2.94. The van der Waals surface area contributed by atoms with Crippen molar-refractivity contribution in [3.63, 3.8) is 0 Å². The molecule has 1 saturated carbocycles. The quantitative estimate of drug-likeness (QED) is 0.565. The van der Waals surface area contributed by atoms with Crippen LogP contribution >= 0.6 is 0 Å². The lowest BCUT2D eigenvalue weighted by Crippen LogP contribution is -2.52. The Morgan fingerprint density at radius 1 is 1.09 bits per heavy atom. The smallest absolute Gasteiger partial charge is 0.244 e. The Bertz CT molecular complexity index is 1130. The van der Waals surface area contributed by atoms with Gasteiger partial charge in [0, 0.05) is 12.6 Å². The monoisotopic (exact) mass is 503 g/mol. The van der Waals surface area contributed by atoms with Gasteiger partial charge in [-0.3, -0.25) is 13.9 Å². The molecule has 2 amide bonds. The second kappa shape index (κ2) is 11.7. The molecular weight excluding hydrogens is 469 g/mol. The lowest BCUT2D eigenvalue weighted by atomic mass is 9.95. The van der Waals surface area contributed by atoms with E-state index in [0.29, 0.717) is 11.3 Å². The number of carbonyl (C=O) groups excluding carboxylic acids is 2. The van der Waals surface area contributed by atoms with Gasteiger partial charge in [-0.2, -0.15) is 0 Å². The summed E-state index contributed by atoms with van der Waals surface area (Å²) in [5.74, 6) is -1.21. The minimum atomic E-state index is -3.77. The Morgan fingerprint density at radius 2 is 1.74 bits per heavy atom. The molecular formula is C26H34FN3O4S. The largest absolute Gasteiger partial charge is 0.352 e. The minimum Gasteiger partial charge on any atom is -0.352 e. The van der Waals surface area contributed by atoms with Crippen LogP contribution in [0.4, 0.5) is 10.1 Å². The summed E-state index contributed by atoms with van der Waals surface area (Å²) in [4.78, 5) is 28.0. The van der Waals surface area contributed by atoms with Gasteiger partial charge in [-0.15, -0.1) is 0 Å². The summed E-state index contributed by atoms with van der Waals surface area (Å²) in [6, 6.07) is 11.8. The first-order valence-electron chi connectivity index (χ1n) is 11.9. The maximum Gasteiger partial charge on any atom is 0.244 e. The Labute approximate surface area is 207 Å². The second-order valence-corrected chi connectivity index (χ2v) is 11.2. The predicted molar refractivity (Wildman–Crippen MR) is 135 cm³/mol. The number of sulfonamides is 1. The predicted octanol–water partition coefficient (Wildman–Crippen LogP) is 3.77. The first-order chi connectivity index (χ1) is 16.5. The average Bonchev–Trinajstić information content (AvgIpc) is 2.81. The molecule has 0 saturated heterocycles. The first-order valence-corrected chi connectivity index (χ1v) is 13.8. The number of rotatable bonds is 9. The number of nitrogens with one attached hydrogen (secondary N) is 1. The third kappa shape index (κ3) is 7.52. The fourth-order valence-electron chi connectivity index (χ4n) is 4.33. The van der Waals surface area contributed by atoms with E-state index in [1.165, 1.54) is 17.0 Å². The van der Waals surface area contributed by atoms with Crippen LogP contribution in [0.3, 0.4) is 0 Å². The molecule has 3 rings (SSSR count). The summed E-state index contributed by atoms with van der Waals surface area (Å²) >= 11 is 0. The zero-order chi connectivity index (χ0) is 25.6. The van der Waals surface area contributed by atoms with Gasteiger partial charge in [0.1, 0.15) is 18.4 Å². The number of nitrogens with zero attached hydrogens (tertiary/aromatic N) is 2. The molecule has 0 heterocycles. The topological polar surface area (TPSA) is 86.8 Å². The highest BCUT2D eigenvalue weighted by atomic mass is 32.2. The van der Waals surface area contributed by atoms with Gasteiger partial charge < -0.3 is 10.2 Å². The Balaban J connectivity index is 1.86. The minimum absolute atomic E-state index is 0.0454. The molecule has 2 aromatic carbocycles. The van der Waals surface area contributed by atoms with Crippen molar-refractivity contribution in [3.05, 3.63) is 65.5 Å². The van der Waals surface area contributed by atoms with Crippen LogP contribution in [-0.4, -0.2) is 50.0 Å².